The van der Waals surface area contributed by atoms with Crippen LogP contribution in [0.2, 0.25) is 0 Å². The summed E-state index contributed by atoms with van der Waals surface area (Å²) in [6.07, 6.45) is 1.28. The molecule has 0 saturated carbocycles. The monoisotopic (exact) mass is 420 g/mol. The van der Waals surface area contributed by atoms with Crippen molar-refractivity contribution in [3.63, 3.8) is 0 Å². The van der Waals surface area contributed by atoms with E-state index < -0.39 is 6.09 Å². The highest BCUT2D eigenvalue weighted by molar-refractivity contribution is 7.17. The molecule has 0 fully saturated rings. The Hall–Kier alpha value is -2.72. The normalized spacial score (nSPS) is 11.9. The van der Waals surface area contributed by atoms with Crippen LogP contribution >= 0.6 is 22.9 Å². The van der Waals surface area contributed by atoms with E-state index in [4.69, 9.17) is 9.47 Å². The molecule has 0 bridgehead atoms. The Morgan fingerprint density at radius 1 is 1.14 bits per heavy atom. The minimum Gasteiger partial charge on any atom is -0.491 e. The van der Waals surface area contributed by atoms with Crippen molar-refractivity contribution in [1.82, 2.24) is 19.7 Å². The van der Waals surface area contributed by atoms with Gasteiger partial charge in [-0.15, -0.1) is 0 Å². The molecule has 1 amide bonds. The highest BCUT2D eigenvalue weighted by Crippen LogP contribution is 2.33. The molecule has 3 aromatic rings. The quantitative estimate of drug-likeness (QED) is 0.594. The molecule has 1 aromatic carbocycles. The number of hydrogen-bond acceptors (Lipinski definition) is 9. The zero-order valence-electron chi connectivity index (χ0n) is 15.8. The van der Waals surface area contributed by atoms with Crippen LogP contribution in [0.4, 0.5) is 4.79 Å². The number of benzene rings is 1. The Kier molecular flexibility index (Phi) is 6.42. The number of carbonyl (C=O) groups is 1. The second-order valence-electron chi connectivity index (χ2n) is 6.04. The van der Waals surface area contributed by atoms with Gasteiger partial charge < -0.3 is 19.5 Å². The number of alkyl carbamates (subject to hydrolysis) is 1. The summed E-state index contributed by atoms with van der Waals surface area (Å²) in [4.78, 5) is 20.8. The summed E-state index contributed by atoms with van der Waals surface area (Å²) in [5.41, 5.74) is 0. The predicted octanol–water partition coefficient (Wildman–Crippen LogP) is 4.66. The molecule has 0 aliphatic carbocycles. The molecule has 0 saturated heterocycles. The molecular formula is C18H20N4O4S2. The van der Waals surface area contributed by atoms with Crippen molar-refractivity contribution in [3.05, 3.63) is 35.5 Å². The average molecular weight is 421 g/mol. The Labute approximate surface area is 170 Å². The average Bonchev–Trinajstić information content (AvgIpc) is 3.32. The lowest BCUT2D eigenvalue weighted by molar-refractivity contribution is 0.167. The Bertz CT molecular complexity index is 924. The van der Waals surface area contributed by atoms with E-state index in [2.05, 4.69) is 24.4 Å². The number of amides is 1. The van der Waals surface area contributed by atoms with Crippen LogP contribution in [0.3, 0.4) is 0 Å². The molecule has 3 rings (SSSR count). The predicted molar refractivity (Wildman–Crippen MR) is 107 cm³/mol. The summed E-state index contributed by atoms with van der Waals surface area (Å²) in [6, 6.07) is 7.08. The van der Waals surface area contributed by atoms with E-state index in [1.54, 1.807) is 6.20 Å². The van der Waals surface area contributed by atoms with Crippen LogP contribution in [0.5, 0.6) is 16.7 Å². The van der Waals surface area contributed by atoms with Crippen LogP contribution in [0.15, 0.2) is 30.5 Å². The first-order valence-corrected chi connectivity index (χ1v) is 10.1. The number of carbonyl (C=O) groups excluding carboxylic acids is 1. The SMILES string of the molecule is COC(=O)NC(C)c1nc(-c2cnc(Oc3ccc(OC(C)C)cc3)s2)ns1. The molecule has 0 spiro atoms. The lowest BCUT2D eigenvalue weighted by Crippen LogP contribution is -2.26. The molecule has 2 heterocycles. The highest BCUT2D eigenvalue weighted by Gasteiger charge is 2.17. The summed E-state index contributed by atoms with van der Waals surface area (Å²) < 4.78 is 20.3. The summed E-state index contributed by atoms with van der Waals surface area (Å²) in [6.45, 7) is 5.77. The van der Waals surface area contributed by atoms with Crippen LogP contribution < -0.4 is 14.8 Å². The van der Waals surface area contributed by atoms with Crippen molar-refractivity contribution in [1.29, 1.82) is 0 Å². The molecule has 1 atom stereocenters. The molecule has 1 N–H and O–H groups in total. The van der Waals surface area contributed by atoms with Gasteiger partial charge in [0.1, 0.15) is 16.5 Å². The van der Waals surface area contributed by atoms with E-state index in [-0.39, 0.29) is 12.1 Å². The maximum absolute atomic E-state index is 11.3. The van der Waals surface area contributed by atoms with Crippen molar-refractivity contribution in [3.8, 4) is 27.4 Å². The minimum atomic E-state index is -0.512. The Morgan fingerprint density at radius 3 is 2.54 bits per heavy atom. The van der Waals surface area contributed by atoms with E-state index in [0.29, 0.717) is 21.8 Å². The van der Waals surface area contributed by atoms with Gasteiger partial charge in [0.25, 0.3) is 5.19 Å². The van der Waals surface area contributed by atoms with E-state index >= 15 is 0 Å². The van der Waals surface area contributed by atoms with E-state index in [9.17, 15) is 4.79 Å². The van der Waals surface area contributed by atoms with E-state index in [1.807, 2.05) is 45.0 Å². The number of rotatable bonds is 7. The molecule has 0 aliphatic heterocycles. The standard InChI is InChI=1S/C18H20N4O4S2/c1-10(2)25-12-5-7-13(8-6-12)26-18-19-9-14(27-18)15-21-16(28-22-15)11(3)20-17(23)24-4/h5-11H,1-4H3,(H,20,23). The van der Waals surface area contributed by atoms with Gasteiger partial charge in [0.2, 0.25) is 0 Å². The third kappa shape index (κ3) is 5.17. The van der Waals surface area contributed by atoms with Crippen LogP contribution in [0.1, 0.15) is 31.8 Å². The Morgan fingerprint density at radius 2 is 1.86 bits per heavy atom. The first-order chi connectivity index (χ1) is 13.4. The van der Waals surface area contributed by atoms with Gasteiger partial charge in [-0.2, -0.15) is 4.37 Å². The van der Waals surface area contributed by atoms with E-state index in [0.717, 1.165) is 10.6 Å². The number of nitrogens with one attached hydrogen (secondary N) is 1. The van der Waals surface area contributed by atoms with Crippen molar-refractivity contribution < 1.29 is 19.0 Å². The van der Waals surface area contributed by atoms with Crippen LogP contribution in [-0.4, -0.2) is 33.6 Å². The fraction of sp³-hybridized carbons (Fsp3) is 0.333. The van der Waals surface area contributed by atoms with Crippen molar-refractivity contribution >= 4 is 29.0 Å². The van der Waals surface area contributed by atoms with E-state index in [1.165, 1.54) is 30.0 Å². The molecule has 148 valence electrons. The maximum atomic E-state index is 11.3. The van der Waals surface area contributed by atoms with Gasteiger partial charge in [0.15, 0.2) is 5.82 Å². The summed E-state index contributed by atoms with van der Waals surface area (Å²) >= 11 is 2.56. The molecule has 1 unspecified atom stereocenters. The molecule has 0 aliphatic rings. The van der Waals surface area contributed by atoms with Crippen LogP contribution in [0.25, 0.3) is 10.7 Å². The first kappa shape index (κ1) is 20.0. The molecule has 10 heteroatoms. The molecular weight excluding hydrogens is 400 g/mol. The fourth-order valence-corrected chi connectivity index (χ4v) is 3.62. The lowest BCUT2D eigenvalue weighted by atomic mass is 10.3. The topological polar surface area (TPSA) is 95.5 Å². The zero-order valence-corrected chi connectivity index (χ0v) is 17.5. The second-order valence-corrected chi connectivity index (χ2v) is 7.82. The minimum absolute atomic E-state index is 0.120. The largest absolute Gasteiger partial charge is 0.491 e. The van der Waals surface area contributed by atoms with Gasteiger partial charge in [-0.25, -0.2) is 14.8 Å². The third-order valence-corrected chi connectivity index (χ3v) is 5.20. The number of thiazole rings is 1. The van der Waals surface area contributed by atoms with Crippen LogP contribution in [0, 0.1) is 0 Å². The second kappa shape index (κ2) is 8.98. The number of hydrogen-bond donors (Lipinski definition) is 1. The van der Waals surface area contributed by atoms with Crippen molar-refractivity contribution in [2.75, 3.05) is 7.11 Å². The molecule has 2 aromatic heterocycles. The number of methoxy groups -OCH3 is 1. The van der Waals surface area contributed by atoms with Gasteiger partial charge in [-0.05, 0) is 56.6 Å². The van der Waals surface area contributed by atoms with Crippen molar-refractivity contribution in [2.24, 2.45) is 0 Å². The van der Waals surface area contributed by atoms with Gasteiger partial charge in [0, 0.05) is 0 Å². The molecule has 28 heavy (non-hydrogen) atoms. The lowest BCUT2D eigenvalue weighted by Gasteiger charge is -2.09. The number of nitrogens with zero attached hydrogens (tertiary/aromatic N) is 3. The maximum Gasteiger partial charge on any atom is 0.407 e. The van der Waals surface area contributed by atoms with Gasteiger partial charge >= 0.3 is 6.09 Å². The molecule has 8 nitrogen and oxygen atoms in total. The zero-order chi connectivity index (χ0) is 20.1. The summed E-state index contributed by atoms with van der Waals surface area (Å²) in [7, 11) is 1.32. The summed E-state index contributed by atoms with van der Waals surface area (Å²) in [5.74, 6) is 2.00. The summed E-state index contributed by atoms with van der Waals surface area (Å²) in [5, 5.41) is 3.83. The fourth-order valence-electron chi connectivity index (χ4n) is 2.18. The smallest absolute Gasteiger partial charge is 0.407 e. The number of ether oxygens (including phenoxy) is 3. The third-order valence-electron chi connectivity index (χ3n) is 3.44. The first-order valence-electron chi connectivity index (χ1n) is 8.53. The number of aromatic nitrogens is 3. The molecule has 0 radical (unpaired) electrons. The van der Waals surface area contributed by atoms with Gasteiger partial charge in [0.05, 0.1) is 30.3 Å². The van der Waals surface area contributed by atoms with Crippen LogP contribution in [-0.2, 0) is 4.74 Å². The van der Waals surface area contributed by atoms with Crippen molar-refractivity contribution in [2.45, 2.75) is 32.9 Å². The highest BCUT2D eigenvalue weighted by atomic mass is 32.1. The van der Waals surface area contributed by atoms with Gasteiger partial charge in [-0.1, -0.05) is 11.3 Å². The van der Waals surface area contributed by atoms with Gasteiger partial charge in [-0.3, -0.25) is 0 Å². The Balaban J connectivity index is 1.65.